The molecule has 18 heavy (non-hydrogen) atoms. The van der Waals surface area contributed by atoms with Gasteiger partial charge >= 0.3 is 0 Å². The Morgan fingerprint density at radius 1 is 1.11 bits per heavy atom. The molecule has 0 radical (unpaired) electrons. The highest BCUT2D eigenvalue weighted by Crippen LogP contribution is 2.24. The number of nitrogens with two attached hydrogens (primary N) is 1. The molecule has 0 fully saturated rings. The van der Waals surface area contributed by atoms with E-state index in [1.54, 1.807) is 0 Å². The summed E-state index contributed by atoms with van der Waals surface area (Å²) < 4.78 is 0. The minimum Gasteiger partial charge on any atom is -0.399 e. The molecular weight excluding hydrogens is 218 g/mol. The number of hydrogen-bond acceptors (Lipinski definition) is 1. The number of nitrogen functional groups attached to an aromatic ring is 1. The van der Waals surface area contributed by atoms with Crippen molar-refractivity contribution in [1.29, 1.82) is 0 Å². The van der Waals surface area contributed by atoms with Gasteiger partial charge in [0, 0.05) is 5.69 Å². The van der Waals surface area contributed by atoms with Crippen LogP contribution in [0.2, 0.25) is 0 Å². The standard InChI is InChI=1S/C17H27N/c1-5-6-7-8-9-10-13(2)16-11-15(4)17(18)12-14(16)3/h10-12H,5-9,18H2,1-4H3. The third-order valence-electron chi connectivity index (χ3n) is 3.55. The van der Waals surface area contributed by atoms with Crippen molar-refractivity contribution in [3.63, 3.8) is 0 Å². The average Bonchev–Trinajstić information content (AvgIpc) is 2.33. The van der Waals surface area contributed by atoms with Gasteiger partial charge in [0.15, 0.2) is 0 Å². The lowest BCUT2D eigenvalue weighted by molar-refractivity contribution is 0.675. The van der Waals surface area contributed by atoms with E-state index in [0.717, 1.165) is 5.69 Å². The van der Waals surface area contributed by atoms with Gasteiger partial charge in [-0.05, 0) is 68.0 Å². The number of aryl methyl sites for hydroxylation is 2. The summed E-state index contributed by atoms with van der Waals surface area (Å²) in [5.41, 5.74) is 12.0. The van der Waals surface area contributed by atoms with Crippen molar-refractivity contribution in [3.8, 4) is 0 Å². The largest absolute Gasteiger partial charge is 0.399 e. The van der Waals surface area contributed by atoms with Crippen LogP contribution in [0.3, 0.4) is 0 Å². The molecule has 1 aromatic rings. The molecule has 1 nitrogen and oxygen atoms in total. The van der Waals surface area contributed by atoms with Crippen LogP contribution in [-0.2, 0) is 0 Å². The molecule has 100 valence electrons. The summed E-state index contributed by atoms with van der Waals surface area (Å²) in [6.45, 7) is 8.67. The van der Waals surface area contributed by atoms with Crippen LogP contribution in [-0.4, -0.2) is 0 Å². The molecule has 0 spiro atoms. The number of allylic oxidation sites excluding steroid dienone is 2. The summed E-state index contributed by atoms with van der Waals surface area (Å²) in [4.78, 5) is 0. The minimum atomic E-state index is 0.895. The maximum Gasteiger partial charge on any atom is 0.0346 e. The van der Waals surface area contributed by atoms with E-state index in [9.17, 15) is 0 Å². The van der Waals surface area contributed by atoms with Gasteiger partial charge in [0.1, 0.15) is 0 Å². The zero-order valence-corrected chi connectivity index (χ0v) is 12.3. The van der Waals surface area contributed by atoms with Gasteiger partial charge in [0.2, 0.25) is 0 Å². The molecule has 0 bridgehead atoms. The first-order valence-electron chi connectivity index (χ1n) is 7.10. The molecule has 0 saturated carbocycles. The molecule has 1 rings (SSSR count). The molecule has 0 aliphatic carbocycles. The van der Waals surface area contributed by atoms with Crippen LogP contribution < -0.4 is 5.73 Å². The highest BCUT2D eigenvalue weighted by Gasteiger charge is 2.03. The van der Waals surface area contributed by atoms with Crippen LogP contribution in [0.1, 0.15) is 62.6 Å². The van der Waals surface area contributed by atoms with E-state index in [0.29, 0.717) is 0 Å². The van der Waals surface area contributed by atoms with Crippen molar-refractivity contribution < 1.29 is 0 Å². The molecule has 1 heteroatoms. The third kappa shape index (κ3) is 4.21. The van der Waals surface area contributed by atoms with Gasteiger partial charge in [0.05, 0.1) is 0 Å². The molecule has 0 aliphatic rings. The highest BCUT2D eigenvalue weighted by molar-refractivity contribution is 5.70. The van der Waals surface area contributed by atoms with Crippen molar-refractivity contribution in [1.82, 2.24) is 0 Å². The monoisotopic (exact) mass is 245 g/mol. The van der Waals surface area contributed by atoms with Crippen molar-refractivity contribution >= 4 is 11.3 Å². The van der Waals surface area contributed by atoms with E-state index in [2.05, 4.69) is 45.9 Å². The van der Waals surface area contributed by atoms with Gasteiger partial charge in [-0.2, -0.15) is 0 Å². The number of unbranched alkanes of at least 4 members (excludes halogenated alkanes) is 4. The summed E-state index contributed by atoms with van der Waals surface area (Å²) in [5.74, 6) is 0. The average molecular weight is 245 g/mol. The Morgan fingerprint density at radius 3 is 2.50 bits per heavy atom. The Balaban J connectivity index is 2.68. The number of hydrogen-bond donors (Lipinski definition) is 1. The van der Waals surface area contributed by atoms with Crippen molar-refractivity contribution in [2.45, 2.75) is 59.8 Å². The number of anilines is 1. The molecule has 0 heterocycles. The van der Waals surface area contributed by atoms with E-state index in [1.165, 1.54) is 54.4 Å². The van der Waals surface area contributed by atoms with Crippen LogP contribution in [0.15, 0.2) is 18.2 Å². The fourth-order valence-corrected chi connectivity index (χ4v) is 2.26. The molecular formula is C17H27N. The van der Waals surface area contributed by atoms with Crippen molar-refractivity contribution in [2.75, 3.05) is 5.73 Å². The van der Waals surface area contributed by atoms with Crippen molar-refractivity contribution in [2.24, 2.45) is 0 Å². The quantitative estimate of drug-likeness (QED) is 0.537. The maximum absolute atomic E-state index is 5.93. The van der Waals surface area contributed by atoms with E-state index >= 15 is 0 Å². The highest BCUT2D eigenvalue weighted by atomic mass is 14.6. The molecule has 0 saturated heterocycles. The van der Waals surface area contributed by atoms with E-state index < -0.39 is 0 Å². The van der Waals surface area contributed by atoms with Crippen LogP contribution in [0.5, 0.6) is 0 Å². The predicted molar refractivity (Wildman–Crippen MR) is 82.7 cm³/mol. The summed E-state index contributed by atoms with van der Waals surface area (Å²) in [7, 11) is 0. The number of benzene rings is 1. The van der Waals surface area contributed by atoms with Crippen LogP contribution in [0.4, 0.5) is 5.69 Å². The van der Waals surface area contributed by atoms with E-state index in [1.807, 2.05) is 0 Å². The van der Waals surface area contributed by atoms with Gasteiger partial charge in [0.25, 0.3) is 0 Å². The SMILES string of the molecule is CCCCCCC=C(C)c1cc(C)c(N)cc1C. The van der Waals surface area contributed by atoms with Gasteiger partial charge < -0.3 is 5.73 Å². The van der Waals surface area contributed by atoms with Gasteiger partial charge in [-0.3, -0.25) is 0 Å². The first-order chi connectivity index (χ1) is 8.56. The van der Waals surface area contributed by atoms with Crippen molar-refractivity contribution in [3.05, 3.63) is 34.9 Å². The molecule has 1 aromatic carbocycles. The lowest BCUT2D eigenvalue weighted by Gasteiger charge is -2.10. The van der Waals surface area contributed by atoms with Gasteiger partial charge in [-0.15, -0.1) is 0 Å². The summed E-state index contributed by atoms with van der Waals surface area (Å²) >= 11 is 0. The number of rotatable bonds is 6. The Kier molecular flexibility index (Phi) is 5.97. The molecule has 2 N–H and O–H groups in total. The van der Waals surface area contributed by atoms with E-state index in [-0.39, 0.29) is 0 Å². The fourth-order valence-electron chi connectivity index (χ4n) is 2.26. The topological polar surface area (TPSA) is 26.0 Å². The third-order valence-corrected chi connectivity index (χ3v) is 3.55. The summed E-state index contributed by atoms with van der Waals surface area (Å²) in [6.07, 6.45) is 8.87. The second kappa shape index (κ2) is 7.25. The molecule has 0 unspecified atom stereocenters. The summed E-state index contributed by atoms with van der Waals surface area (Å²) in [6, 6.07) is 4.29. The predicted octanol–water partition coefficient (Wildman–Crippen LogP) is 5.26. The van der Waals surface area contributed by atoms with Crippen LogP contribution >= 0.6 is 0 Å². The second-order valence-electron chi connectivity index (χ2n) is 5.26. The van der Waals surface area contributed by atoms with E-state index in [4.69, 9.17) is 5.73 Å². The lowest BCUT2D eigenvalue weighted by Crippen LogP contribution is -1.94. The Hall–Kier alpha value is -1.24. The zero-order valence-electron chi connectivity index (χ0n) is 12.3. The minimum absolute atomic E-state index is 0.895. The second-order valence-corrected chi connectivity index (χ2v) is 5.26. The maximum atomic E-state index is 5.93. The first-order valence-corrected chi connectivity index (χ1v) is 7.10. The molecule has 0 atom stereocenters. The van der Waals surface area contributed by atoms with Gasteiger partial charge in [-0.25, -0.2) is 0 Å². The Morgan fingerprint density at radius 2 is 1.83 bits per heavy atom. The Bertz CT molecular complexity index is 416. The van der Waals surface area contributed by atoms with Crippen LogP contribution in [0.25, 0.3) is 5.57 Å². The molecule has 0 aromatic heterocycles. The smallest absolute Gasteiger partial charge is 0.0346 e. The Labute approximate surface area is 112 Å². The lowest BCUT2D eigenvalue weighted by atomic mass is 9.97. The zero-order chi connectivity index (χ0) is 13.5. The molecule has 0 amide bonds. The normalized spacial score (nSPS) is 11.9. The van der Waals surface area contributed by atoms with Gasteiger partial charge in [-0.1, -0.05) is 32.3 Å². The molecule has 0 aliphatic heterocycles. The first kappa shape index (κ1) is 14.8. The fraction of sp³-hybridized carbons (Fsp3) is 0.529. The summed E-state index contributed by atoms with van der Waals surface area (Å²) in [5, 5.41) is 0. The van der Waals surface area contributed by atoms with Crippen LogP contribution in [0, 0.1) is 13.8 Å².